The molecule has 3 rings (SSSR count). The maximum atomic E-state index is 10.6. The molecule has 5 nitrogen and oxygen atoms in total. The fourth-order valence-corrected chi connectivity index (χ4v) is 2.87. The molecule has 0 radical (unpaired) electrons. The Kier molecular flexibility index (Phi) is 3.25. The van der Waals surface area contributed by atoms with E-state index in [4.69, 9.17) is 9.15 Å². The summed E-state index contributed by atoms with van der Waals surface area (Å²) in [5.41, 5.74) is 2.14. The monoisotopic (exact) mass is 337 g/mol. The highest BCUT2D eigenvalue weighted by atomic mass is 79.9. The predicted molar refractivity (Wildman–Crippen MR) is 76.4 cm³/mol. The van der Waals surface area contributed by atoms with Crippen LogP contribution in [0, 0.1) is 10.1 Å². The number of halogens is 1. The molecular weight excluding hydrogens is 326 g/mol. The average molecular weight is 338 g/mol. The summed E-state index contributed by atoms with van der Waals surface area (Å²) < 4.78 is 10.9. The molecule has 2 atom stereocenters. The summed E-state index contributed by atoms with van der Waals surface area (Å²) in [4.78, 5) is 9.89. The smallest absolute Gasteiger partial charge is 0.433 e. The van der Waals surface area contributed by atoms with Crippen LogP contribution in [0.15, 0.2) is 34.7 Å². The summed E-state index contributed by atoms with van der Waals surface area (Å²) in [6, 6.07) is 8.89. The van der Waals surface area contributed by atoms with E-state index in [1.165, 1.54) is 6.07 Å². The van der Waals surface area contributed by atoms with Crippen molar-refractivity contribution in [2.75, 3.05) is 0 Å². The first-order valence-corrected chi connectivity index (χ1v) is 7.14. The first kappa shape index (κ1) is 13.2. The summed E-state index contributed by atoms with van der Waals surface area (Å²) >= 11 is 3.52. The molecule has 20 heavy (non-hydrogen) atoms. The van der Waals surface area contributed by atoms with Crippen molar-refractivity contribution in [3.05, 3.63) is 57.3 Å². The van der Waals surface area contributed by atoms with Crippen molar-refractivity contribution >= 4 is 21.8 Å². The fourth-order valence-electron chi connectivity index (χ4n) is 2.34. The lowest BCUT2D eigenvalue weighted by Gasteiger charge is -2.08. The summed E-state index contributed by atoms with van der Waals surface area (Å²) in [7, 11) is 0. The van der Waals surface area contributed by atoms with E-state index in [1.807, 2.05) is 25.1 Å². The normalized spacial score (nSPS) is 18.4. The van der Waals surface area contributed by atoms with Gasteiger partial charge in [0.15, 0.2) is 0 Å². The number of fused-ring (bicyclic) bond motifs is 1. The van der Waals surface area contributed by atoms with Crippen LogP contribution in [0.5, 0.6) is 5.75 Å². The van der Waals surface area contributed by atoms with Gasteiger partial charge in [-0.15, -0.1) is 0 Å². The maximum Gasteiger partial charge on any atom is 0.433 e. The van der Waals surface area contributed by atoms with Crippen LogP contribution in [0.25, 0.3) is 0 Å². The third-order valence-electron chi connectivity index (χ3n) is 3.26. The van der Waals surface area contributed by atoms with E-state index in [1.54, 1.807) is 6.07 Å². The van der Waals surface area contributed by atoms with Crippen LogP contribution in [-0.4, -0.2) is 11.0 Å². The third-order valence-corrected chi connectivity index (χ3v) is 4.23. The highest BCUT2D eigenvalue weighted by molar-refractivity contribution is 9.09. The topological polar surface area (TPSA) is 65.5 Å². The number of hydrogen-bond acceptors (Lipinski definition) is 4. The summed E-state index contributed by atoms with van der Waals surface area (Å²) in [5.74, 6) is 1.18. The standard InChI is InChI=1S/C14H12BrNO4/c1-8-6-10-7-9(2-3-11(10)19-8)14(15)12-4-5-13(20-12)16(17)18/h2-5,7-8,14H,6H2,1H3. The number of rotatable bonds is 3. The minimum atomic E-state index is -0.540. The van der Waals surface area contributed by atoms with Gasteiger partial charge in [0.1, 0.15) is 22.5 Å². The largest absolute Gasteiger partial charge is 0.490 e. The second-order valence-electron chi connectivity index (χ2n) is 4.80. The van der Waals surface area contributed by atoms with E-state index in [2.05, 4.69) is 15.9 Å². The first-order valence-electron chi connectivity index (χ1n) is 6.22. The lowest BCUT2D eigenvalue weighted by Crippen LogP contribution is -2.05. The summed E-state index contributed by atoms with van der Waals surface area (Å²) in [6.07, 6.45) is 1.07. The van der Waals surface area contributed by atoms with Crippen LogP contribution in [0.1, 0.15) is 28.6 Å². The Balaban J connectivity index is 1.89. The van der Waals surface area contributed by atoms with E-state index < -0.39 is 4.92 Å². The molecule has 6 heteroatoms. The molecule has 0 N–H and O–H groups in total. The van der Waals surface area contributed by atoms with Crippen LogP contribution in [0.3, 0.4) is 0 Å². The number of nitrogens with zero attached hydrogens (tertiary/aromatic N) is 1. The minimum absolute atomic E-state index is 0.193. The van der Waals surface area contributed by atoms with Gasteiger partial charge in [-0.3, -0.25) is 10.1 Å². The molecule has 0 aliphatic carbocycles. The molecule has 1 aromatic carbocycles. The lowest BCUT2D eigenvalue weighted by molar-refractivity contribution is -0.402. The van der Waals surface area contributed by atoms with Crippen molar-refractivity contribution in [1.29, 1.82) is 0 Å². The highest BCUT2D eigenvalue weighted by Gasteiger charge is 2.23. The summed E-state index contributed by atoms with van der Waals surface area (Å²) in [5, 5.41) is 10.6. The molecule has 2 heterocycles. The molecule has 0 bridgehead atoms. The highest BCUT2D eigenvalue weighted by Crippen LogP contribution is 2.37. The van der Waals surface area contributed by atoms with Crippen molar-refractivity contribution in [1.82, 2.24) is 0 Å². The van der Waals surface area contributed by atoms with Gasteiger partial charge in [-0.1, -0.05) is 28.1 Å². The number of hydrogen-bond donors (Lipinski definition) is 0. The fraction of sp³-hybridized carbons (Fsp3) is 0.286. The predicted octanol–water partition coefficient (Wildman–Crippen LogP) is 4.00. The number of ether oxygens (including phenoxy) is 1. The number of alkyl halides is 1. The molecule has 2 unspecified atom stereocenters. The van der Waals surface area contributed by atoms with Gasteiger partial charge < -0.3 is 9.15 Å². The van der Waals surface area contributed by atoms with Crippen molar-refractivity contribution in [2.45, 2.75) is 24.3 Å². The zero-order valence-corrected chi connectivity index (χ0v) is 12.3. The molecule has 0 fully saturated rings. The van der Waals surface area contributed by atoms with Gasteiger partial charge in [0, 0.05) is 6.42 Å². The molecule has 0 amide bonds. The second-order valence-corrected chi connectivity index (χ2v) is 5.71. The second kappa shape index (κ2) is 4.94. The van der Waals surface area contributed by atoms with Gasteiger partial charge in [-0.25, -0.2) is 0 Å². The van der Waals surface area contributed by atoms with Crippen LogP contribution in [-0.2, 0) is 6.42 Å². The van der Waals surface area contributed by atoms with Crippen molar-refractivity contribution in [2.24, 2.45) is 0 Å². The van der Waals surface area contributed by atoms with Crippen molar-refractivity contribution in [3.8, 4) is 5.75 Å². The first-order chi connectivity index (χ1) is 9.54. The van der Waals surface area contributed by atoms with Crippen LogP contribution in [0.2, 0.25) is 0 Å². The SMILES string of the molecule is CC1Cc2cc(C(Br)c3ccc([N+](=O)[O-])o3)ccc2O1. The molecular formula is C14H12BrNO4. The van der Waals surface area contributed by atoms with Crippen LogP contribution in [0.4, 0.5) is 5.88 Å². The Labute approximate surface area is 123 Å². The molecule has 1 aliphatic heterocycles. The van der Waals surface area contributed by atoms with Crippen LogP contribution < -0.4 is 4.74 Å². The molecule has 1 aromatic heterocycles. The number of furan rings is 1. The zero-order valence-electron chi connectivity index (χ0n) is 10.7. The Morgan fingerprint density at radius 1 is 1.40 bits per heavy atom. The van der Waals surface area contributed by atoms with Gasteiger partial charge in [0.05, 0.1) is 10.9 Å². The Bertz CT molecular complexity index is 667. The summed E-state index contributed by atoms with van der Waals surface area (Å²) in [6.45, 7) is 2.03. The molecule has 2 aromatic rings. The number of benzene rings is 1. The lowest BCUT2D eigenvalue weighted by atomic mass is 10.0. The van der Waals surface area contributed by atoms with Gasteiger partial charge in [0.25, 0.3) is 0 Å². The minimum Gasteiger partial charge on any atom is -0.490 e. The molecule has 1 aliphatic rings. The Morgan fingerprint density at radius 2 is 2.20 bits per heavy atom. The number of nitro groups is 1. The third kappa shape index (κ3) is 2.31. The Hall–Kier alpha value is -1.82. The van der Waals surface area contributed by atoms with Crippen molar-refractivity contribution < 1.29 is 14.1 Å². The van der Waals surface area contributed by atoms with E-state index >= 15 is 0 Å². The quantitative estimate of drug-likeness (QED) is 0.482. The maximum absolute atomic E-state index is 10.6. The van der Waals surface area contributed by atoms with E-state index in [9.17, 15) is 10.1 Å². The van der Waals surface area contributed by atoms with E-state index in [-0.39, 0.29) is 16.8 Å². The molecule has 104 valence electrons. The van der Waals surface area contributed by atoms with Gasteiger partial charge in [0.2, 0.25) is 0 Å². The van der Waals surface area contributed by atoms with E-state index in [0.29, 0.717) is 5.76 Å². The van der Waals surface area contributed by atoms with Crippen molar-refractivity contribution in [3.63, 3.8) is 0 Å². The molecule has 0 spiro atoms. The molecule has 0 saturated heterocycles. The zero-order chi connectivity index (χ0) is 14.3. The van der Waals surface area contributed by atoms with Gasteiger partial charge >= 0.3 is 5.88 Å². The average Bonchev–Trinajstić information content (AvgIpc) is 3.02. The van der Waals surface area contributed by atoms with Gasteiger partial charge in [-0.05, 0) is 30.2 Å². The van der Waals surface area contributed by atoms with Crippen LogP contribution >= 0.6 is 15.9 Å². The molecule has 0 saturated carbocycles. The van der Waals surface area contributed by atoms with E-state index in [0.717, 1.165) is 23.3 Å². The Morgan fingerprint density at radius 3 is 2.90 bits per heavy atom. The van der Waals surface area contributed by atoms with Gasteiger partial charge in [-0.2, -0.15) is 0 Å².